The smallest absolute Gasteiger partial charge is 0.0845 e. The van der Waals surface area contributed by atoms with Crippen LogP contribution in [-0.2, 0) is 4.74 Å². The van der Waals surface area contributed by atoms with Crippen LogP contribution in [0.3, 0.4) is 0 Å². The number of hydrogen-bond donors (Lipinski definition) is 0. The van der Waals surface area contributed by atoms with Crippen molar-refractivity contribution in [2.75, 3.05) is 0 Å². The molecule has 1 heteroatoms. The maximum atomic E-state index is 6.34. The van der Waals surface area contributed by atoms with Gasteiger partial charge in [-0.25, -0.2) is 0 Å². The summed E-state index contributed by atoms with van der Waals surface area (Å²) in [6, 6.07) is 0. The average molecular weight is 208 g/mol. The van der Waals surface area contributed by atoms with Crippen LogP contribution >= 0.6 is 0 Å². The highest BCUT2D eigenvalue weighted by atomic mass is 16.5. The fourth-order valence-corrected chi connectivity index (χ4v) is 2.99. The van der Waals surface area contributed by atoms with E-state index in [2.05, 4.69) is 34.6 Å². The van der Waals surface area contributed by atoms with Crippen LogP contribution in [-0.4, -0.2) is 11.7 Å². The van der Waals surface area contributed by atoms with Crippen LogP contribution in [0.25, 0.3) is 0 Å². The molecule has 0 N–H and O–H groups in total. The van der Waals surface area contributed by atoms with Crippen molar-refractivity contribution in [1.82, 2.24) is 0 Å². The molecule has 2 aliphatic rings. The Morgan fingerprint density at radius 3 is 2.40 bits per heavy atom. The third-order valence-corrected chi connectivity index (χ3v) is 4.29. The van der Waals surface area contributed by atoms with E-state index in [1.807, 2.05) is 0 Å². The second kappa shape index (κ2) is 3.35. The van der Waals surface area contributed by atoms with Gasteiger partial charge in [0.1, 0.15) is 0 Å². The van der Waals surface area contributed by atoms with Gasteiger partial charge in [-0.05, 0) is 57.4 Å². The monoisotopic (exact) mass is 208 g/mol. The van der Waals surface area contributed by atoms with Gasteiger partial charge < -0.3 is 4.74 Å². The van der Waals surface area contributed by atoms with Gasteiger partial charge in [-0.3, -0.25) is 0 Å². The molecule has 1 nitrogen and oxygen atoms in total. The molecule has 2 fully saturated rings. The third kappa shape index (κ3) is 1.87. The van der Waals surface area contributed by atoms with Gasteiger partial charge in [0.25, 0.3) is 0 Å². The first-order valence-corrected chi connectivity index (χ1v) is 6.18. The lowest BCUT2D eigenvalue weighted by molar-refractivity contribution is -0.174. The summed E-state index contributed by atoms with van der Waals surface area (Å²) >= 11 is 0. The Hall–Kier alpha value is -0.300. The summed E-state index contributed by atoms with van der Waals surface area (Å²) in [6.45, 7) is 11.5. The first kappa shape index (κ1) is 11.2. The molecule has 2 heterocycles. The fourth-order valence-electron chi connectivity index (χ4n) is 2.99. The number of rotatable bonds is 0. The molecule has 0 aliphatic carbocycles. The zero-order valence-electron chi connectivity index (χ0n) is 10.8. The van der Waals surface area contributed by atoms with Crippen molar-refractivity contribution in [1.29, 1.82) is 0 Å². The van der Waals surface area contributed by atoms with Gasteiger partial charge in [-0.1, -0.05) is 19.4 Å². The lowest BCUT2D eigenvalue weighted by Crippen LogP contribution is -2.51. The van der Waals surface area contributed by atoms with Crippen LogP contribution in [0.2, 0.25) is 0 Å². The van der Waals surface area contributed by atoms with Gasteiger partial charge in [0.15, 0.2) is 0 Å². The molecular formula is C14H24O. The van der Waals surface area contributed by atoms with Gasteiger partial charge in [0.05, 0.1) is 11.7 Å². The van der Waals surface area contributed by atoms with E-state index in [9.17, 15) is 0 Å². The second-order valence-corrected chi connectivity index (χ2v) is 6.46. The minimum Gasteiger partial charge on any atom is -0.367 e. The van der Waals surface area contributed by atoms with Crippen molar-refractivity contribution in [3.63, 3.8) is 0 Å². The van der Waals surface area contributed by atoms with Crippen LogP contribution in [0.15, 0.2) is 11.1 Å². The first-order chi connectivity index (χ1) is 6.84. The van der Waals surface area contributed by atoms with Crippen LogP contribution in [0.5, 0.6) is 0 Å². The largest absolute Gasteiger partial charge is 0.367 e. The quantitative estimate of drug-likeness (QED) is 0.545. The van der Waals surface area contributed by atoms with Crippen molar-refractivity contribution in [2.24, 2.45) is 5.41 Å². The van der Waals surface area contributed by atoms with Crippen molar-refractivity contribution in [3.05, 3.63) is 11.1 Å². The van der Waals surface area contributed by atoms with Gasteiger partial charge in [0.2, 0.25) is 0 Å². The Morgan fingerprint density at radius 1 is 1.13 bits per heavy atom. The van der Waals surface area contributed by atoms with Gasteiger partial charge in [0, 0.05) is 0 Å². The molecule has 2 unspecified atom stereocenters. The Labute approximate surface area is 93.9 Å². The molecule has 0 radical (unpaired) electrons. The minimum atomic E-state index is 0.166. The minimum absolute atomic E-state index is 0.166. The Balaban J connectivity index is 2.34. The molecule has 0 saturated carbocycles. The molecule has 0 aromatic heterocycles. The molecule has 2 atom stereocenters. The molecule has 0 spiro atoms. The highest BCUT2D eigenvalue weighted by molar-refractivity contribution is 5.22. The lowest BCUT2D eigenvalue weighted by Gasteiger charge is -2.52. The van der Waals surface area contributed by atoms with Crippen molar-refractivity contribution >= 4 is 0 Å². The van der Waals surface area contributed by atoms with Crippen LogP contribution < -0.4 is 0 Å². The summed E-state index contributed by atoms with van der Waals surface area (Å²) in [5.41, 5.74) is 3.53. The molecule has 2 saturated heterocycles. The Kier molecular flexibility index (Phi) is 2.50. The molecular weight excluding hydrogens is 184 g/mol. The summed E-state index contributed by atoms with van der Waals surface area (Å²) < 4.78 is 6.34. The summed E-state index contributed by atoms with van der Waals surface area (Å²) in [5, 5.41) is 0. The molecule has 15 heavy (non-hydrogen) atoms. The van der Waals surface area contributed by atoms with E-state index in [1.54, 1.807) is 5.57 Å². The maximum Gasteiger partial charge on any atom is 0.0845 e. The van der Waals surface area contributed by atoms with Gasteiger partial charge in [-0.15, -0.1) is 0 Å². The zero-order valence-corrected chi connectivity index (χ0v) is 10.8. The fraction of sp³-hybridized carbons (Fsp3) is 0.857. The van der Waals surface area contributed by atoms with Crippen molar-refractivity contribution in [3.8, 4) is 0 Å². The number of hydrogen-bond acceptors (Lipinski definition) is 1. The second-order valence-electron chi connectivity index (χ2n) is 6.46. The number of fused-ring (bicyclic) bond motifs is 2. The summed E-state index contributed by atoms with van der Waals surface area (Å²) in [7, 11) is 0. The molecule has 86 valence electrons. The lowest BCUT2D eigenvalue weighted by atomic mass is 9.67. The molecule has 0 aromatic rings. The normalized spacial score (nSPS) is 39.0. The van der Waals surface area contributed by atoms with E-state index >= 15 is 0 Å². The zero-order chi connectivity index (χ0) is 11.3. The van der Waals surface area contributed by atoms with Gasteiger partial charge >= 0.3 is 0 Å². The predicted molar refractivity (Wildman–Crippen MR) is 63.9 cm³/mol. The van der Waals surface area contributed by atoms with E-state index in [4.69, 9.17) is 4.74 Å². The number of allylic oxidation sites excluding steroid dienone is 1. The van der Waals surface area contributed by atoms with Crippen LogP contribution in [0.4, 0.5) is 0 Å². The highest BCUT2D eigenvalue weighted by Crippen LogP contribution is 2.50. The topological polar surface area (TPSA) is 9.23 Å². The Bertz CT molecular complexity index is 296. The van der Waals surface area contributed by atoms with Crippen molar-refractivity contribution in [2.45, 2.75) is 72.0 Å². The van der Waals surface area contributed by atoms with Crippen LogP contribution in [0.1, 0.15) is 60.3 Å². The molecule has 0 aromatic carbocycles. The van der Waals surface area contributed by atoms with E-state index < -0.39 is 0 Å². The summed E-state index contributed by atoms with van der Waals surface area (Å²) in [6.07, 6.45) is 5.35. The SMILES string of the molecule is CC(C)=C1CCC2(C)CCC(C)(C)C1O2. The predicted octanol–water partition coefficient (Wildman–Crippen LogP) is 4.08. The van der Waals surface area contributed by atoms with E-state index in [-0.39, 0.29) is 5.60 Å². The van der Waals surface area contributed by atoms with Crippen LogP contribution in [0, 0.1) is 5.41 Å². The highest BCUT2D eigenvalue weighted by Gasteiger charge is 2.47. The number of ether oxygens (including phenoxy) is 1. The average Bonchev–Trinajstić information content (AvgIpc) is 2.13. The Morgan fingerprint density at radius 2 is 1.80 bits per heavy atom. The van der Waals surface area contributed by atoms with Gasteiger partial charge in [-0.2, -0.15) is 0 Å². The molecule has 2 bridgehead atoms. The molecule has 0 amide bonds. The van der Waals surface area contributed by atoms with Crippen molar-refractivity contribution < 1.29 is 4.74 Å². The first-order valence-electron chi connectivity index (χ1n) is 6.18. The van der Waals surface area contributed by atoms with E-state index in [0.29, 0.717) is 11.5 Å². The maximum absolute atomic E-state index is 6.34. The standard InChI is InChI=1S/C14H24O/c1-10(2)11-6-7-14(5)9-8-13(3,4)12(11)15-14/h12H,6-9H2,1-5H3. The summed E-state index contributed by atoms with van der Waals surface area (Å²) in [5.74, 6) is 0. The van der Waals surface area contributed by atoms with E-state index in [1.165, 1.54) is 31.3 Å². The molecule has 2 aliphatic heterocycles. The van der Waals surface area contributed by atoms with E-state index in [0.717, 1.165) is 0 Å². The summed E-state index contributed by atoms with van der Waals surface area (Å²) in [4.78, 5) is 0. The third-order valence-electron chi connectivity index (χ3n) is 4.29. The molecule has 2 rings (SSSR count).